The van der Waals surface area contributed by atoms with Crippen molar-refractivity contribution in [1.82, 2.24) is 0 Å². The van der Waals surface area contributed by atoms with Gasteiger partial charge in [0, 0.05) is 0 Å². The van der Waals surface area contributed by atoms with E-state index in [2.05, 4.69) is 0 Å². The molecule has 0 aliphatic carbocycles. The van der Waals surface area contributed by atoms with Gasteiger partial charge in [-0.15, -0.1) is 0 Å². The smallest absolute Gasteiger partial charge is 0.246 e. The third-order valence-corrected chi connectivity index (χ3v) is 0.849. The third-order valence-electron chi connectivity index (χ3n) is 0.849. The fourth-order valence-corrected chi connectivity index (χ4v) is 0.311. The first-order valence-electron chi connectivity index (χ1n) is 2.32. The molecule has 0 aromatic rings. The van der Waals surface area contributed by atoms with Crippen molar-refractivity contribution in [3.8, 4) is 6.07 Å². The molecule has 1 atom stereocenters. The number of rotatable bonds is 2. The molecule has 3 nitrogen and oxygen atoms in total. The molecule has 1 radical (unpaired) electrons. The van der Waals surface area contributed by atoms with Gasteiger partial charge < -0.3 is 0 Å². The highest BCUT2D eigenvalue weighted by atomic mass is 16.4. The van der Waals surface area contributed by atoms with E-state index in [-0.39, 0.29) is 0 Å². The molecule has 1 unspecified atom stereocenters. The van der Waals surface area contributed by atoms with Crippen molar-refractivity contribution in [2.75, 3.05) is 0 Å². The van der Waals surface area contributed by atoms with Crippen LogP contribution in [0.3, 0.4) is 0 Å². The molecule has 0 aliphatic heterocycles. The minimum atomic E-state index is -1.28. The molecule has 0 saturated heterocycles. The van der Waals surface area contributed by atoms with Crippen molar-refractivity contribution in [2.45, 2.75) is 13.3 Å². The Morgan fingerprint density at radius 3 is 2.38 bits per heavy atom. The van der Waals surface area contributed by atoms with Gasteiger partial charge in [0.25, 0.3) is 0 Å². The van der Waals surface area contributed by atoms with E-state index >= 15 is 0 Å². The quantitative estimate of drug-likeness (QED) is 0.522. The fourth-order valence-electron chi connectivity index (χ4n) is 0.311. The number of carbonyl (C=O) groups is 1. The summed E-state index contributed by atoms with van der Waals surface area (Å²) in [4.78, 5) is 9.83. The van der Waals surface area contributed by atoms with E-state index in [0.717, 1.165) is 0 Å². The maximum absolute atomic E-state index is 9.83. The van der Waals surface area contributed by atoms with Crippen LogP contribution in [0.4, 0.5) is 0 Å². The summed E-state index contributed by atoms with van der Waals surface area (Å²) in [5, 5.41) is 17.9. The normalized spacial score (nSPS) is 12.0. The predicted molar refractivity (Wildman–Crippen MR) is 25.1 cm³/mol. The fraction of sp³-hybridized carbons (Fsp3) is 0.600. The first-order valence-corrected chi connectivity index (χ1v) is 2.32. The third kappa shape index (κ3) is 1.61. The van der Waals surface area contributed by atoms with Crippen LogP contribution < -0.4 is 0 Å². The summed E-state index contributed by atoms with van der Waals surface area (Å²) in [6.45, 7) is 1.63. The summed E-state index contributed by atoms with van der Waals surface area (Å²) < 4.78 is 0. The van der Waals surface area contributed by atoms with Crippen molar-refractivity contribution >= 4 is 5.97 Å². The molecule has 0 saturated carbocycles. The van der Waals surface area contributed by atoms with E-state index in [1.54, 1.807) is 13.0 Å². The monoisotopic (exact) mass is 112 g/mol. The Labute approximate surface area is 47.5 Å². The van der Waals surface area contributed by atoms with Crippen LogP contribution in [0.1, 0.15) is 13.3 Å². The molecule has 0 bridgehead atoms. The number of hydrogen-bond acceptors (Lipinski definition) is 2. The van der Waals surface area contributed by atoms with Crippen LogP contribution in [0.2, 0.25) is 0 Å². The zero-order valence-electron chi connectivity index (χ0n) is 4.55. The first-order chi connectivity index (χ1) is 3.72. The van der Waals surface area contributed by atoms with E-state index in [9.17, 15) is 9.90 Å². The molecule has 0 aliphatic rings. The van der Waals surface area contributed by atoms with Crippen molar-refractivity contribution in [3.05, 3.63) is 0 Å². The SMILES string of the molecule is CCC(C#N)C([O])=O. The Bertz CT molecular complexity index is 125. The van der Waals surface area contributed by atoms with Gasteiger partial charge in [0.1, 0.15) is 5.92 Å². The second-order valence-corrected chi connectivity index (χ2v) is 1.41. The highest BCUT2D eigenvalue weighted by Crippen LogP contribution is 1.98. The van der Waals surface area contributed by atoms with Crippen LogP contribution in [-0.4, -0.2) is 5.97 Å². The maximum atomic E-state index is 9.83. The molecule has 0 heterocycles. The number of nitrogens with zero attached hydrogens (tertiary/aromatic N) is 1. The van der Waals surface area contributed by atoms with Crippen LogP contribution in [-0.2, 0) is 9.90 Å². The van der Waals surface area contributed by atoms with Crippen LogP contribution >= 0.6 is 0 Å². The van der Waals surface area contributed by atoms with Crippen LogP contribution in [0.25, 0.3) is 0 Å². The van der Waals surface area contributed by atoms with Gasteiger partial charge in [0.05, 0.1) is 6.07 Å². The van der Waals surface area contributed by atoms with E-state index in [1.807, 2.05) is 0 Å². The highest BCUT2D eigenvalue weighted by Gasteiger charge is 2.14. The minimum Gasteiger partial charge on any atom is -0.246 e. The molecule has 0 amide bonds. The first kappa shape index (κ1) is 6.96. The van der Waals surface area contributed by atoms with Gasteiger partial charge in [-0.3, -0.25) is 0 Å². The highest BCUT2D eigenvalue weighted by molar-refractivity contribution is 5.72. The van der Waals surface area contributed by atoms with E-state index in [4.69, 9.17) is 5.26 Å². The molecule has 3 heteroatoms. The van der Waals surface area contributed by atoms with Gasteiger partial charge in [-0.25, -0.2) is 9.90 Å². The van der Waals surface area contributed by atoms with Crippen molar-refractivity contribution in [2.24, 2.45) is 5.92 Å². The van der Waals surface area contributed by atoms with Crippen molar-refractivity contribution in [1.29, 1.82) is 5.26 Å². The number of hydrogen-bond donors (Lipinski definition) is 0. The maximum Gasteiger partial charge on any atom is 0.372 e. The van der Waals surface area contributed by atoms with Gasteiger partial charge in [-0.05, 0) is 6.42 Å². The summed E-state index contributed by atoms with van der Waals surface area (Å²) in [5.74, 6) is -2.22. The lowest BCUT2D eigenvalue weighted by atomic mass is 10.1. The van der Waals surface area contributed by atoms with Gasteiger partial charge in [0.2, 0.25) is 0 Å². The molecule has 0 fully saturated rings. The average Bonchev–Trinajstić information content (AvgIpc) is 1.69. The molecule has 0 rings (SSSR count). The molecule has 0 aromatic heterocycles. The lowest BCUT2D eigenvalue weighted by molar-refractivity contribution is -0.146. The molecule has 0 spiro atoms. The Balaban J connectivity index is 3.76. The molecule has 8 heavy (non-hydrogen) atoms. The van der Waals surface area contributed by atoms with Gasteiger partial charge in [-0.1, -0.05) is 6.92 Å². The topological polar surface area (TPSA) is 60.8 Å². The van der Waals surface area contributed by atoms with Crippen LogP contribution in [0.15, 0.2) is 0 Å². The van der Waals surface area contributed by atoms with Crippen LogP contribution in [0, 0.1) is 17.2 Å². The molecular weight excluding hydrogens is 106 g/mol. The van der Waals surface area contributed by atoms with E-state index in [1.165, 1.54) is 0 Å². The largest absolute Gasteiger partial charge is 0.372 e. The molecular formula is C5H6NO2. The molecule has 0 N–H and O–H groups in total. The average molecular weight is 112 g/mol. The second kappa shape index (κ2) is 3.03. The summed E-state index contributed by atoms with van der Waals surface area (Å²) in [7, 11) is 0. The Morgan fingerprint density at radius 2 is 2.38 bits per heavy atom. The summed E-state index contributed by atoms with van der Waals surface area (Å²) in [6.07, 6.45) is 0.318. The van der Waals surface area contributed by atoms with Crippen molar-refractivity contribution < 1.29 is 9.90 Å². The summed E-state index contributed by atoms with van der Waals surface area (Å²) in [6, 6.07) is 1.59. The number of nitriles is 1. The summed E-state index contributed by atoms with van der Waals surface area (Å²) >= 11 is 0. The lowest BCUT2D eigenvalue weighted by Crippen LogP contribution is -2.07. The van der Waals surface area contributed by atoms with Crippen molar-refractivity contribution in [3.63, 3.8) is 0 Å². The minimum absolute atomic E-state index is 0.318. The zero-order valence-corrected chi connectivity index (χ0v) is 4.55. The predicted octanol–water partition coefficient (Wildman–Crippen LogP) is 0.493. The van der Waals surface area contributed by atoms with Gasteiger partial charge >= 0.3 is 5.97 Å². The van der Waals surface area contributed by atoms with E-state index in [0.29, 0.717) is 6.42 Å². The standard InChI is InChI=1S/C5H6NO2/c1-2-4(3-6)5(7)8/h4H,2H2,1H3. The van der Waals surface area contributed by atoms with E-state index < -0.39 is 11.9 Å². The Kier molecular flexibility index (Phi) is 2.63. The molecule has 43 valence electrons. The van der Waals surface area contributed by atoms with Gasteiger partial charge in [0.15, 0.2) is 0 Å². The Hall–Kier alpha value is -1.04. The lowest BCUT2D eigenvalue weighted by Gasteiger charge is -1.90. The second-order valence-electron chi connectivity index (χ2n) is 1.41. The number of carbonyl (C=O) groups excluding carboxylic acids is 1. The Morgan fingerprint density at radius 1 is 1.88 bits per heavy atom. The molecule has 0 aromatic carbocycles. The van der Waals surface area contributed by atoms with Crippen LogP contribution in [0.5, 0.6) is 0 Å². The van der Waals surface area contributed by atoms with Gasteiger partial charge in [-0.2, -0.15) is 5.26 Å². The zero-order chi connectivity index (χ0) is 6.57. The summed E-state index contributed by atoms with van der Waals surface area (Å²) in [5.41, 5.74) is 0.